The Morgan fingerprint density at radius 1 is 1.06 bits per heavy atom. The summed E-state index contributed by atoms with van der Waals surface area (Å²) < 4.78 is 25.6. The lowest BCUT2D eigenvalue weighted by Crippen LogP contribution is -2.35. The van der Waals surface area contributed by atoms with E-state index in [2.05, 4.69) is 28.6 Å². The molecule has 0 spiro atoms. The number of benzene rings is 3. The van der Waals surface area contributed by atoms with Crippen LogP contribution in [0.3, 0.4) is 0 Å². The molecule has 6 rings (SSSR count). The number of hydrogen-bond acceptors (Lipinski definition) is 9. The molecule has 3 heterocycles. The second-order valence-corrected chi connectivity index (χ2v) is 13.0. The van der Waals surface area contributed by atoms with Crippen molar-refractivity contribution in [2.24, 2.45) is 5.92 Å². The minimum absolute atomic E-state index is 0.0783. The summed E-state index contributed by atoms with van der Waals surface area (Å²) in [5.74, 6) is 0.210. The summed E-state index contributed by atoms with van der Waals surface area (Å²) in [6.45, 7) is 2.06. The maximum Gasteiger partial charge on any atom is 0.267 e. The van der Waals surface area contributed by atoms with Crippen LogP contribution in [0, 0.1) is 34.4 Å². The number of aryl methyl sites for hydroxylation is 1. The number of methoxy groups -OCH3 is 1. The smallest absolute Gasteiger partial charge is 0.267 e. The summed E-state index contributed by atoms with van der Waals surface area (Å²) in [5.41, 5.74) is 6.80. The molecule has 1 atom stereocenters. The van der Waals surface area contributed by atoms with Crippen LogP contribution in [0.2, 0.25) is 0 Å². The van der Waals surface area contributed by atoms with Gasteiger partial charge < -0.3 is 19.5 Å². The summed E-state index contributed by atoms with van der Waals surface area (Å²) >= 11 is 0. The van der Waals surface area contributed by atoms with Crippen molar-refractivity contribution in [3.05, 3.63) is 101 Å². The Morgan fingerprint density at radius 3 is 2.52 bits per heavy atom. The number of phenols is 1. The zero-order valence-corrected chi connectivity index (χ0v) is 29.0. The first-order chi connectivity index (χ1) is 25.4. The molecule has 2 aliphatic rings. The summed E-state index contributed by atoms with van der Waals surface area (Å²) in [6, 6.07) is 21.5. The predicted octanol–water partition coefficient (Wildman–Crippen LogP) is 7.45. The van der Waals surface area contributed by atoms with Crippen LogP contribution >= 0.6 is 0 Å². The lowest BCUT2D eigenvalue weighted by molar-refractivity contribution is -0.198. The molecule has 4 aromatic rings. The molecule has 10 nitrogen and oxygen atoms in total. The zero-order valence-electron chi connectivity index (χ0n) is 29.0. The number of halogens is 1. The molecule has 266 valence electrons. The molecule has 0 saturated carbocycles. The Balaban J connectivity index is 1.10. The normalized spacial score (nSPS) is 16.3. The van der Waals surface area contributed by atoms with Gasteiger partial charge in [0, 0.05) is 49.5 Å². The maximum atomic E-state index is 14.9. The van der Waals surface area contributed by atoms with E-state index in [9.17, 15) is 24.8 Å². The number of pyridine rings is 1. The molecule has 1 aromatic heterocycles. The number of piperidine rings is 1. The van der Waals surface area contributed by atoms with E-state index in [0.29, 0.717) is 65.0 Å². The summed E-state index contributed by atoms with van der Waals surface area (Å²) in [6.07, 6.45) is 11.0. The first-order valence-electron chi connectivity index (χ1n) is 17.5. The second kappa shape index (κ2) is 17.0. The van der Waals surface area contributed by atoms with E-state index in [1.165, 1.54) is 36.9 Å². The van der Waals surface area contributed by atoms with Crippen molar-refractivity contribution in [2.45, 2.75) is 51.2 Å². The summed E-state index contributed by atoms with van der Waals surface area (Å²) in [5, 5.41) is 30.3. The molecule has 1 unspecified atom stereocenters. The second-order valence-electron chi connectivity index (χ2n) is 13.0. The van der Waals surface area contributed by atoms with Gasteiger partial charge in [-0.1, -0.05) is 36.4 Å². The van der Waals surface area contributed by atoms with Crippen LogP contribution in [-0.2, 0) is 20.8 Å². The van der Waals surface area contributed by atoms with E-state index in [-0.39, 0.29) is 17.2 Å². The van der Waals surface area contributed by atoms with Crippen molar-refractivity contribution in [1.82, 2.24) is 10.5 Å². The number of anilines is 1. The number of carbonyl (C=O) groups excluding carboxylic acids is 1. The monoisotopic (exact) mass is 701 g/mol. The van der Waals surface area contributed by atoms with E-state index in [1.54, 1.807) is 30.5 Å². The number of phenolic OH excluding ortho intramolecular Hbond substituents is 1. The van der Waals surface area contributed by atoms with Gasteiger partial charge in [0.05, 0.1) is 12.7 Å². The van der Waals surface area contributed by atoms with Gasteiger partial charge in [-0.3, -0.25) is 4.79 Å². The van der Waals surface area contributed by atoms with Crippen molar-refractivity contribution in [1.29, 1.82) is 10.5 Å². The SMILES string of the molecule is COc1ccc(-c2cnc(N3CCC(CCc4ccc(/C=C/C(=O)NOC5CCCCO5)cc4)CC3)c(C#N)c2-c2ccc(C#N)c(F)c2)cc1O. The first-order valence-corrected chi connectivity index (χ1v) is 17.5. The Bertz CT molecular complexity index is 2010. The van der Waals surface area contributed by atoms with E-state index in [0.717, 1.165) is 50.5 Å². The Labute approximate surface area is 302 Å². The van der Waals surface area contributed by atoms with Gasteiger partial charge in [0.1, 0.15) is 29.3 Å². The highest BCUT2D eigenvalue weighted by molar-refractivity contribution is 5.91. The third-order valence-corrected chi connectivity index (χ3v) is 9.63. The van der Waals surface area contributed by atoms with Gasteiger partial charge in [-0.15, -0.1) is 0 Å². The zero-order chi connectivity index (χ0) is 36.5. The molecule has 1 amide bonds. The number of aromatic nitrogens is 1. The molecule has 3 aromatic carbocycles. The lowest BCUT2D eigenvalue weighted by atomic mass is 9.89. The molecule has 0 bridgehead atoms. The van der Waals surface area contributed by atoms with Crippen LogP contribution in [0.4, 0.5) is 10.2 Å². The Hall–Kier alpha value is -5.75. The van der Waals surface area contributed by atoms with Crippen LogP contribution in [0.5, 0.6) is 11.5 Å². The van der Waals surface area contributed by atoms with Crippen LogP contribution in [0.25, 0.3) is 28.3 Å². The van der Waals surface area contributed by atoms with Crippen LogP contribution in [-0.4, -0.2) is 49.1 Å². The molecule has 0 radical (unpaired) electrons. The number of hydrogen-bond donors (Lipinski definition) is 2. The first kappa shape index (κ1) is 36.1. The van der Waals surface area contributed by atoms with Gasteiger partial charge in [0.25, 0.3) is 5.91 Å². The fourth-order valence-corrected chi connectivity index (χ4v) is 6.72. The number of ether oxygens (including phenoxy) is 2. The molecule has 2 fully saturated rings. The fourth-order valence-electron chi connectivity index (χ4n) is 6.72. The van der Waals surface area contributed by atoms with Gasteiger partial charge in [-0.05, 0) is 97.0 Å². The topological polar surface area (TPSA) is 141 Å². The number of carbonyl (C=O) groups is 1. The van der Waals surface area contributed by atoms with Gasteiger partial charge in [0.2, 0.25) is 0 Å². The molecule has 2 aliphatic heterocycles. The predicted molar refractivity (Wildman–Crippen MR) is 194 cm³/mol. The molecule has 0 aliphatic carbocycles. The highest BCUT2D eigenvalue weighted by atomic mass is 19.1. The van der Waals surface area contributed by atoms with Crippen molar-refractivity contribution < 1.29 is 28.6 Å². The van der Waals surface area contributed by atoms with Crippen LogP contribution in [0.15, 0.2) is 72.9 Å². The molecule has 2 N–H and O–H groups in total. The quantitative estimate of drug-likeness (QED) is 0.121. The number of nitrogens with one attached hydrogen (secondary N) is 1. The van der Waals surface area contributed by atoms with Crippen molar-refractivity contribution in [3.8, 4) is 45.9 Å². The van der Waals surface area contributed by atoms with Crippen molar-refractivity contribution in [3.63, 3.8) is 0 Å². The van der Waals surface area contributed by atoms with Crippen LogP contribution in [0.1, 0.15) is 60.8 Å². The molecule has 2 saturated heterocycles. The average molecular weight is 702 g/mol. The Kier molecular flexibility index (Phi) is 11.8. The van der Waals surface area contributed by atoms with Gasteiger partial charge in [-0.2, -0.15) is 10.5 Å². The molecule has 11 heteroatoms. The number of aromatic hydroxyl groups is 1. The maximum absolute atomic E-state index is 14.9. The third kappa shape index (κ3) is 8.57. The highest BCUT2D eigenvalue weighted by Crippen LogP contribution is 2.41. The van der Waals surface area contributed by atoms with E-state index in [1.807, 2.05) is 18.2 Å². The van der Waals surface area contributed by atoms with Crippen LogP contribution < -0.4 is 15.1 Å². The summed E-state index contributed by atoms with van der Waals surface area (Å²) in [4.78, 5) is 24.3. The van der Waals surface area contributed by atoms with Gasteiger partial charge in [-0.25, -0.2) is 19.7 Å². The highest BCUT2D eigenvalue weighted by Gasteiger charge is 2.26. The standard InChI is InChI=1S/C41H40FN5O5/c1-50-37-15-14-30(23-36(37)48)34-26-45-41(33(25-44)40(34)31-12-13-32(24-43)35(42)22-31)47-19-17-29(18-20-47)10-9-27-5-7-28(8-6-27)11-16-38(49)46-52-39-4-2-3-21-51-39/h5-8,11-16,22-23,26,29,39,48H,2-4,9-10,17-21H2,1H3,(H,46,49)/b16-11+. The third-order valence-electron chi connectivity index (χ3n) is 9.63. The number of rotatable bonds is 11. The van der Waals surface area contributed by atoms with Crippen molar-refractivity contribution >= 4 is 17.8 Å². The van der Waals surface area contributed by atoms with Crippen molar-refractivity contribution in [2.75, 3.05) is 31.7 Å². The number of nitrogens with zero attached hydrogens (tertiary/aromatic N) is 4. The van der Waals surface area contributed by atoms with Gasteiger partial charge >= 0.3 is 0 Å². The Morgan fingerprint density at radius 2 is 1.85 bits per heavy atom. The van der Waals surface area contributed by atoms with E-state index in [4.69, 9.17) is 19.3 Å². The number of hydroxylamine groups is 1. The molecule has 52 heavy (non-hydrogen) atoms. The largest absolute Gasteiger partial charge is 0.504 e. The molecular formula is C41H40FN5O5. The van der Waals surface area contributed by atoms with E-state index >= 15 is 0 Å². The molecular weight excluding hydrogens is 661 g/mol. The van der Waals surface area contributed by atoms with Gasteiger partial charge in [0.15, 0.2) is 17.8 Å². The lowest BCUT2D eigenvalue weighted by Gasteiger charge is -2.34. The minimum atomic E-state index is -0.684. The number of nitriles is 2. The van der Waals surface area contributed by atoms with E-state index < -0.39 is 12.1 Å². The average Bonchev–Trinajstić information content (AvgIpc) is 3.18. The minimum Gasteiger partial charge on any atom is -0.504 e. The number of amides is 1. The fraction of sp³-hybridized carbons (Fsp3) is 0.317. The summed E-state index contributed by atoms with van der Waals surface area (Å²) in [7, 11) is 1.46.